The summed E-state index contributed by atoms with van der Waals surface area (Å²) in [6, 6.07) is 7.68. The average molecular weight is 301 g/mol. The first-order chi connectivity index (χ1) is 10.7. The molecule has 4 rings (SSSR count). The first kappa shape index (κ1) is 13.5. The van der Waals surface area contributed by atoms with E-state index in [1.165, 1.54) is 22.9 Å². The summed E-state index contributed by atoms with van der Waals surface area (Å²) in [5.74, 6) is 0.155. The van der Waals surface area contributed by atoms with E-state index in [2.05, 4.69) is 10.4 Å². The first-order valence-corrected chi connectivity index (χ1v) is 7.48. The molecule has 1 saturated heterocycles. The SMILES string of the molecule is O=c1ccc(-c2ccc(F)cc2OC2CC2)nn1C1CNC1. The van der Waals surface area contributed by atoms with E-state index in [0.29, 0.717) is 17.0 Å². The highest BCUT2D eigenvalue weighted by atomic mass is 19.1. The van der Waals surface area contributed by atoms with Crippen molar-refractivity contribution >= 4 is 0 Å². The molecular weight excluding hydrogens is 285 g/mol. The molecule has 1 aliphatic heterocycles. The Balaban J connectivity index is 1.75. The molecule has 0 spiro atoms. The van der Waals surface area contributed by atoms with E-state index in [-0.39, 0.29) is 23.5 Å². The summed E-state index contributed by atoms with van der Waals surface area (Å²) in [7, 11) is 0. The highest BCUT2D eigenvalue weighted by Crippen LogP contribution is 2.34. The molecule has 0 amide bonds. The highest BCUT2D eigenvalue weighted by molar-refractivity contribution is 5.66. The Bertz CT molecular complexity index is 766. The summed E-state index contributed by atoms with van der Waals surface area (Å²) in [6.07, 6.45) is 2.16. The van der Waals surface area contributed by atoms with Gasteiger partial charge < -0.3 is 10.1 Å². The van der Waals surface area contributed by atoms with Crippen molar-refractivity contribution in [2.45, 2.75) is 25.0 Å². The summed E-state index contributed by atoms with van der Waals surface area (Å²) >= 11 is 0. The fraction of sp³-hybridized carbons (Fsp3) is 0.375. The van der Waals surface area contributed by atoms with Gasteiger partial charge >= 0.3 is 0 Å². The van der Waals surface area contributed by atoms with Gasteiger partial charge in [-0.3, -0.25) is 4.79 Å². The molecule has 5 nitrogen and oxygen atoms in total. The number of benzene rings is 1. The molecule has 0 atom stereocenters. The van der Waals surface area contributed by atoms with Crippen molar-refractivity contribution in [3.8, 4) is 17.0 Å². The van der Waals surface area contributed by atoms with Gasteiger partial charge in [0, 0.05) is 30.8 Å². The van der Waals surface area contributed by atoms with E-state index in [1.807, 2.05) is 0 Å². The van der Waals surface area contributed by atoms with Gasteiger partial charge in [-0.15, -0.1) is 0 Å². The monoisotopic (exact) mass is 301 g/mol. The van der Waals surface area contributed by atoms with Crippen molar-refractivity contribution in [1.29, 1.82) is 0 Å². The van der Waals surface area contributed by atoms with Crippen LogP contribution in [-0.4, -0.2) is 29.0 Å². The topological polar surface area (TPSA) is 56.1 Å². The summed E-state index contributed by atoms with van der Waals surface area (Å²) in [5, 5.41) is 7.57. The largest absolute Gasteiger partial charge is 0.490 e. The maximum atomic E-state index is 13.5. The van der Waals surface area contributed by atoms with Gasteiger partial charge in [0.05, 0.1) is 17.8 Å². The van der Waals surface area contributed by atoms with Gasteiger partial charge in [0.1, 0.15) is 11.6 Å². The molecule has 0 bridgehead atoms. The lowest BCUT2D eigenvalue weighted by atomic mass is 10.1. The van der Waals surface area contributed by atoms with Crippen LogP contribution >= 0.6 is 0 Å². The standard InChI is InChI=1S/C16H16FN3O2/c17-10-1-4-13(15(7-10)22-12-2-3-12)14-5-6-16(21)20(19-14)11-8-18-9-11/h1,4-7,11-12,18H,2-3,8-9H2. The first-order valence-electron chi connectivity index (χ1n) is 7.48. The van der Waals surface area contributed by atoms with Crippen molar-refractivity contribution in [2.75, 3.05) is 13.1 Å². The van der Waals surface area contributed by atoms with Gasteiger partial charge in [-0.25, -0.2) is 9.07 Å². The Morgan fingerprint density at radius 1 is 1.23 bits per heavy atom. The Morgan fingerprint density at radius 2 is 2.05 bits per heavy atom. The van der Waals surface area contributed by atoms with E-state index in [1.54, 1.807) is 12.1 Å². The van der Waals surface area contributed by atoms with Crippen molar-refractivity contribution in [2.24, 2.45) is 0 Å². The van der Waals surface area contributed by atoms with Gasteiger partial charge in [0.25, 0.3) is 5.56 Å². The minimum Gasteiger partial charge on any atom is -0.490 e. The van der Waals surface area contributed by atoms with Gasteiger partial charge in [0.15, 0.2) is 0 Å². The zero-order chi connectivity index (χ0) is 15.1. The number of hydrogen-bond acceptors (Lipinski definition) is 4. The van der Waals surface area contributed by atoms with Crippen LogP contribution in [0.5, 0.6) is 5.75 Å². The second-order valence-electron chi connectivity index (χ2n) is 5.77. The van der Waals surface area contributed by atoms with Crippen LogP contribution in [0.1, 0.15) is 18.9 Å². The van der Waals surface area contributed by atoms with E-state index < -0.39 is 0 Å². The second-order valence-corrected chi connectivity index (χ2v) is 5.77. The predicted molar refractivity (Wildman–Crippen MR) is 79.4 cm³/mol. The summed E-state index contributed by atoms with van der Waals surface area (Å²) in [4.78, 5) is 11.9. The van der Waals surface area contributed by atoms with Crippen molar-refractivity contribution in [3.05, 3.63) is 46.5 Å². The van der Waals surface area contributed by atoms with Crippen LogP contribution < -0.4 is 15.6 Å². The number of ether oxygens (including phenoxy) is 1. The zero-order valence-electron chi connectivity index (χ0n) is 12.0. The summed E-state index contributed by atoms with van der Waals surface area (Å²) in [5.41, 5.74) is 1.22. The molecule has 2 heterocycles. The molecule has 0 radical (unpaired) electrons. The lowest BCUT2D eigenvalue weighted by Gasteiger charge is -2.28. The number of nitrogens with zero attached hydrogens (tertiary/aromatic N) is 2. The van der Waals surface area contributed by atoms with Crippen LogP contribution in [0.25, 0.3) is 11.3 Å². The molecule has 0 unspecified atom stereocenters. The Kier molecular flexibility index (Phi) is 3.18. The number of aromatic nitrogens is 2. The van der Waals surface area contributed by atoms with Crippen LogP contribution in [0, 0.1) is 5.82 Å². The molecule has 1 N–H and O–H groups in total. The molecule has 1 aromatic heterocycles. The van der Waals surface area contributed by atoms with E-state index in [0.717, 1.165) is 25.9 Å². The molecule has 2 fully saturated rings. The third-order valence-corrected chi connectivity index (χ3v) is 3.97. The third-order valence-electron chi connectivity index (χ3n) is 3.97. The Hall–Kier alpha value is -2.21. The predicted octanol–water partition coefficient (Wildman–Crippen LogP) is 1.73. The van der Waals surface area contributed by atoms with Crippen molar-refractivity contribution in [3.63, 3.8) is 0 Å². The maximum absolute atomic E-state index is 13.5. The minimum absolute atomic E-state index is 0.0840. The molecule has 114 valence electrons. The van der Waals surface area contributed by atoms with E-state index in [9.17, 15) is 9.18 Å². The van der Waals surface area contributed by atoms with Gasteiger partial charge in [-0.05, 0) is 31.0 Å². The number of hydrogen-bond donors (Lipinski definition) is 1. The summed E-state index contributed by atoms with van der Waals surface area (Å²) < 4.78 is 20.8. The average Bonchev–Trinajstić information content (AvgIpc) is 3.24. The molecule has 1 saturated carbocycles. The third kappa shape index (κ3) is 2.50. The van der Waals surface area contributed by atoms with Crippen LogP contribution in [0.2, 0.25) is 0 Å². The lowest BCUT2D eigenvalue weighted by Crippen LogP contribution is -2.47. The normalized spacial score (nSPS) is 18.0. The quantitative estimate of drug-likeness (QED) is 0.934. The molecule has 22 heavy (non-hydrogen) atoms. The highest BCUT2D eigenvalue weighted by Gasteiger charge is 2.26. The van der Waals surface area contributed by atoms with Crippen molar-refractivity contribution < 1.29 is 9.13 Å². The van der Waals surface area contributed by atoms with Crippen LogP contribution in [-0.2, 0) is 0 Å². The number of nitrogens with one attached hydrogen (secondary N) is 1. The van der Waals surface area contributed by atoms with Crippen LogP contribution in [0.4, 0.5) is 4.39 Å². The lowest BCUT2D eigenvalue weighted by molar-refractivity contribution is 0.300. The fourth-order valence-corrected chi connectivity index (χ4v) is 2.45. The molecular formula is C16H16FN3O2. The van der Waals surface area contributed by atoms with Crippen molar-refractivity contribution in [1.82, 2.24) is 15.1 Å². The van der Waals surface area contributed by atoms with Crippen LogP contribution in [0.15, 0.2) is 35.1 Å². The zero-order valence-corrected chi connectivity index (χ0v) is 12.0. The van der Waals surface area contributed by atoms with Gasteiger partial charge in [-0.1, -0.05) is 0 Å². The van der Waals surface area contributed by atoms with E-state index >= 15 is 0 Å². The second kappa shape index (κ2) is 5.21. The molecule has 2 aliphatic rings. The van der Waals surface area contributed by atoms with Gasteiger partial charge in [0.2, 0.25) is 0 Å². The van der Waals surface area contributed by atoms with E-state index in [4.69, 9.17) is 4.74 Å². The fourth-order valence-electron chi connectivity index (χ4n) is 2.45. The maximum Gasteiger partial charge on any atom is 0.267 e. The minimum atomic E-state index is -0.337. The molecule has 6 heteroatoms. The summed E-state index contributed by atoms with van der Waals surface area (Å²) in [6.45, 7) is 1.48. The molecule has 2 aromatic rings. The molecule has 1 aliphatic carbocycles. The number of rotatable bonds is 4. The number of halogens is 1. The Morgan fingerprint density at radius 3 is 2.73 bits per heavy atom. The Labute approximate surface area is 126 Å². The van der Waals surface area contributed by atoms with Crippen LogP contribution in [0.3, 0.4) is 0 Å². The molecule has 1 aromatic carbocycles. The van der Waals surface area contributed by atoms with Gasteiger partial charge in [-0.2, -0.15) is 5.10 Å². The smallest absolute Gasteiger partial charge is 0.267 e.